The van der Waals surface area contributed by atoms with Crippen LogP contribution < -0.4 is 14.8 Å². The van der Waals surface area contributed by atoms with E-state index >= 15 is 0 Å². The molecule has 1 heterocycles. The second-order valence-corrected chi connectivity index (χ2v) is 4.63. The van der Waals surface area contributed by atoms with Crippen LogP contribution in [-0.2, 0) is 6.54 Å². The van der Waals surface area contributed by atoms with E-state index in [0.29, 0.717) is 18.2 Å². The first-order chi connectivity index (χ1) is 10.3. The Bertz CT molecular complexity index is 558. The monoisotopic (exact) mass is 286 g/mol. The minimum atomic E-state index is 0.605. The third-order valence-corrected chi connectivity index (χ3v) is 2.95. The number of ether oxygens (including phenoxy) is 2. The summed E-state index contributed by atoms with van der Waals surface area (Å²) in [7, 11) is 0. The first kappa shape index (κ1) is 15.3. The summed E-state index contributed by atoms with van der Waals surface area (Å²) in [5, 5.41) is 3.37. The molecule has 2 rings (SSSR count). The lowest BCUT2D eigenvalue weighted by Crippen LogP contribution is -2.14. The van der Waals surface area contributed by atoms with E-state index in [0.717, 1.165) is 30.8 Å². The van der Waals surface area contributed by atoms with E-state index in [-0.39, 0.29) is 0 Å². The quantitative estimate of drug-likeness (QED) is 0.750. The van der Waals surface area contributed by atoms with Crippen molar-refractivity contribution in [2.24, 2.45) is 0 Å². The van der Waals surface area contributed by atoms with Crippen LogP contribution in [0.1, 0.15) is 25.8 Å². The lowest BCUT2D eigenvalue weighted by molar-refractivity contribution is 0.319. The number of aromatic nitrogens is 1. The van der Waals surface area contributed by atoms with E-state index in [4.69, 9.17) is 9.47 Å². The molecule has 0 spiro atoms. The van der Waals surface area contributed by atoms with E-state index in [1.807, 2.05) is 43.3 Å². The van der Waals surface area contributed by atoms with Crippen LogP contribution in [0.4, 0.5) is 0 Å². The maximum absolute atomic E-state index is 5.95. The highest BCUT2D eigenvalue weighted by molar-refractivity contribution is 5.42. The molecule has 0 fully saturated rings. The Labute approximate surface area is 126 Å². The molecule has 1 N–H and O–H groups in total. The Kier molecular flexibility index (Phi) is 6.03. The van der Waals surface area contributed by atoms with Crippen LogP contribution in [0.15, 0.2) is 42.6 Å². The average molecular weight is 286 g/mol. The number of nitrogens with zero attached hydrogens (tertiary/aromatic N) is 1. The third-order valence-electron chi connectivity index (χ3n) is 2.95. The molecule has 0 aliphatic heterocycles. The highest BCUT2D eigenvalue weighted by atomic mass is 16.5. The van der Waals surface area contributed by atoms with Crippen LogP contribution in [0.25, 0.3) is 0 Å². The number of nitrogens with one attached hydrogen (secondary N) is 1. The molecule has 0 bridgehead atoms. The van der Waals surface area contributed by atoms with Gasteiger partial charge in [0.05, 0.1) is 6.61 Å². The van der Waals surface area contributed by atoms with Crippen molar-refractivity contribution in [3.8, 4) is 17.4 Å². The predicted molar refractivity (Wildman–Crippen MR) is 83.9 cm³/mol. The second kappa shape index (κ2) is 8.27. The van der Waals surface area contributed by atoms with Gasteiger partial charge in [-0.3, -0.25) is 0 Å². The van der Waals surface area contributed by atoms with Gasteiger partial charge >= 0.3 is 0 Å². The zero-order valence-electron chi connectivity index (χ0n) is 12.6. The Morgan fingerprint density at radius 2 is 1.86 bits per heavy atom. The molecule has 112 valence electrons. The maximum Gasteiger partial charge on any atom is 0.223 e. The van der Waals surface area contributed by atoms with Gasteiger partial charge in [0.25, 0.3) is 0 Å². The van der Waals surface area contributed by atoms with Crippen LogP contribution in [-0.4, -0.2) is 18.1 Å². The molecular formula is C17H22N2O2. The summed E-state index contributed by atoms with van der Waals surface area (Å²) in [6.45, 7) is 6.43. The van der Waals surface area contributed by atoms with Gasteiger partial charge in [-0.1, -0.05) is 25.1 Å². The third kappa shape index (κ3) is 4.46. The molecule has 0 amide bonds. The van der Waals surface area contributed by atoms with Crippen molar-refractivity contribution in [3.63, 3.8) is 0 Å². The topological polar surface area (TPSA) is 43.4 Å². The van der Waals surface area contributed by atoms with Crippen LogP contribution in [0.2, 0.25) is 0 Å². The Morgan fingerprint density at radius 1 is 1.05 bits per heavy atom. The number of hydrogen-bond acceptors (Lipinski definition) is 4. The minimum Gasteiger partial charge on any atom is -0.490 e. The number of hydrogen-bond donors (Lipinski definition) is 1. The van der Waals surface area contributed by atoms with Crippen molar-refractivity contribution in [3.05, 3.63) is 48.2 Å². The van der Waals surface area contributed by atoms with Gasteiger partial charge in [-0.05, 0) is 38.1 Å². The largest absolute Gasteiger partial charge is 0.490 e. The van der Waals surface area contributed by atoms with E-state index < -0.39 is 0 Å². The SMILES string of the molecule is CCCNCc1cccnc1Oc1ccccc1OCC. The Hall–Kier alpha value is -2.07. The number of pyridine rings is 1. The van der Waals surface area contributed by atoms with Gasteiger partial charge in [-0.2, -0.15) is 0 Å². The summed E-state index contributed by atoms with van der Waals surface area (Å²) in [4.78, 5) is 4.34. The van der Waals surface area contributed by atoms with E-state index in [1.54, 1.807) is 6.20 Å². The van der Waals surface area contributed by atoms with Crippen LogP contribution in [0.5, 0.6) is 17.4 Å². The number of benzene rings is 1. The first-order valence-electron chi connectivity index (χ1n) is 7.39. The van der Waals surface area contributed by atoms with Gasteiger partial charge in [-0.25, -0.2) is 4.98 Å². The molecule has 1 aromatic carbocycles. The minimum absolute atomic E-state index is 0.605. The molecule has 4 nitrogen and oxygen atoms in total. The molecule has 0 radical (unpaired) electrons. The van der Waals surface area contributed by atoms with Gasteiger partial charge in [0.2, 0.25) is 5.88 Å². The van der Waals surface area contributed by atoms with E-state index in [1.165, 1.54) is 0 Å². The summed E-state index contributed by atoms with van der Waals surface area (Å²) >= 11 is 0. The summed E-state index contributed by atoms with van der Waals surface area (Å²) in [5.74, 6) is 2.04. The lowest BCUT2D eigenvalue weighted by atomic mass is 10.2. The van der Waals surface area contributed by atoms with Gasteiger partial charge in [0, 0.05) is 18.3 Å². The molecule has 0 unspecified atom stereocenters. The van der Waals surface area contributed by atoms with Crippen molar-refractivity contribution in [1.82, 2.24) is 10.3 Å². The average Bonchev–Trinajstić information content (AvgIpc) is 2.51. The molecule has 1 aromatic heterocycles. The highest BCUT2D eigenvalue weighted by Crippen LogP contribution is 2.31. The van der Waals surface area contributed by atoms with Gasteiger partial charge in [0.1, 0.15) is 0 Å². The van der Waals surface area contributed by atoms with Gasteiger partial charge in [0.15, 0.2) is 11.5 Å². The molecule has 0 saturated carbocycles. The number of para-hydroxylation sites is 2. The van der Waals surface area contributed by atoms with Crippen LogP contribution in [0.3, 0.4) is 0 Å². The highest BCUT2D eigenvalue weighted by Gasteiger charge is 2.09. The maximum atomic E-state index is 5.95. The molecule has 4 heteroatoms. The number of rotatable bonds is 8. The standard InChI is InChI=1S/C17H22N2O2/c1-3-11-18-13-14-8-7-12-19-17(14)21-16-10-6-5-9-15(16)20-4-2/h5-10,12,18H,3-4,11,13H2,1-2H3. The van der Waals surface area contributed by atoms with Crippen molar-refractivity contribution < 1.29 is 9.47 Å². The van der Waals surface area contributed by atoms with Crippen molar-refractivity contribution in [2.75, 3.05) is 13.2 Å². The summed E-state index contributed by atoms with van der Waals surface area (Å²) < 4.78 is 11.5. The van der Waals surface area contributed by atoms with Gasteiger partial charge in [-0.15, -0.1) is 0 Å². The zero-order chi connectivity index (χ0) is 14.9. The summed E-state index contributed by atoms with van der Waals surface area (Å²) in [6.07, 6.45) is 2.84. The fraction of sp³-hybridized carbons (Fsp3) is 0.353. The molecule has 0 aliphatic carbocycles. The Morgan fingerprint density at radius 3 is 2.62 bits per heavy atom. The molecule has 0 saturated heterocycles. The first-order valence-corrected chi connectivity index (χ1v) is 7.39. The van der Waals surface area contributed by atoms with Crippen molar-refractivity contribution in [2.45, 2.75) is 26.8 Å². The summed E-state index contributed by atoms with van der Waals surface area (Å²) in [5.41, 5.74) is 1.04. The molecule has 0 atom stereocenters. The zero-order valence-corrected chi connectivity index (χ0v) is 12.6. The van der Waals surface area contributed by atoms with Crippen LogP contribution >= 0.6 is 0 Å². The molecule has 0 aliphatic rings. The Balaban J connectivity index is 2.15. The van der Waals surface area contributed by atoms with Crippen molar-refractivity contribution in [1.29, 1.82) is 0 Å². The van der Waals surface area contributed by atoms with E-state index in [2.05, 4.69) is 17.2 Å². The second-order valence-electron chi connectivity index (χ2n) is 4.63. The fourth-order valence-corrected chi connectivity index (χ4v) is 1.96. The molecular weight excluding hydrogens is 264 g/mol. The normalized spacial score (nSPS) is 10.4. The fourth-order valence-electron chi connectivity index (χ4n) is 1.96. The lowest BCUT2D eigenvalue weighted by Gasteiger charge is -2.13. The molecule has 21 heavy (non-hydrogen) atoms. The van der Waals surface area contributed by atoms with Crippen LogP contribution in [0, 0.1) is 0 Å². The predicted octanol–water partition coefficient (Wildman–Crippen LogP) is 3.77. The van der Waals surface area contributed by atoms with E-state index in [9.17, 15) is 0 Å². The molecule has 2 aromatic rings. The van der Waals surface area contributed by atoms with Crippen molar-refractivity contribution >= 4 is 0 Å². The smallest absolute Gasteiger partial charge is 0.223 e. The summed E-state index contributed by atoms with van der Waals surface area (Å²) in [6, 6.07) is 11.6. The van der Waals surface area contributed by atoms with Gasteiger partial charge < -0.3 is 14.8 Å².